The molecular weight excluding hydrogens is 255 g/mol. The Balaban J connectivity index is 2.74. The second-order valence-electron chi connectivity index (χ2n) is 4.70. The average Bonchev–Trinajstić information content (AvgIpc) is 2.33. The molecule has 0 atom stereocenters. The molecule has 5 heteroatoms. The molecule has 19 heavy (non-hydrogen) atoms. The predicted octanol–water partition coefficient (Wildman–Crippen LogP) is 4.39. The Kier molecular flexibility index (Phi) is 5.22. The number of hydrogen-bond donors (Lipinski definition) is 0. The molecule has 0 aliphatic carbocycles. The first-order chi connectivity index (χ1) is 8.84. The molecule has 0 saturated heterocycles. The van der Waals surface area contributed by atoms with Crippen LogP contribution in [0.15, 0.2) is 18.2 Å². The minimum atomic E-state index is -4.54. The van der Waals surface area contributed by atoms with Crippen molar-refractivity contribution < 1.29 is 17.9 Å². The first kappa shape index (κ1) is 15.4. The number of hydrogen-bond acceptors (Lipinski definition) is 2. The summed E-state index contributed by atoms with van der Waals surface area (Å²) in [4.78, 5) is 0. The van der Waals surface area contributed by atoms with Gasteiger partial charge in [0.05, 0.1) is 23.8 Å². The van der Waals surface area contributed by atoms with Crippen molar-refractivity contribution in [3.63, 3.8) is 0 Å². The lowest BCUT2D eigenvalue weighted by Crippen LogP contribution is -2.08. The molecule has 0 heterocycles. The fourth-order valence-corrected chi connectivity index (χ4v) is 1.63. The highest BCUT2D eigenvalue weighted by molar-refractivity contribution is 5.44. The van der Waals surface area contributed by atoms with Gasteiger partial charge in [-0.15, -0.1) is 0 Å². The van der Waals surface area contributed by atoms with Crippen molar-refractivity contribution in [2.24, 2.45) is 5.92 Å². The average molecular weight is 271 g/mol. The zero-order valence-electron chi connectivity index (χ0n) is 10.9. The van der Waals surface area contributed by atoms with E-state index in [2.05, 4.69) is 13.8 Å². The second-order valence-corrected chi connectivity index (χ2v) is 4.70. The number of alkyl halides is 3. The van der Waals surface area contributed by atoms with Crippen LogP contribution < -0.4 is 4.74 Å². The molecule has 2 nitrogen and oxygen atoms in total. The standard InChI is InChI=1S/C14H16F3NO/c1-10(2)4-3-7-19-12-6-5-11(9-18)13(8-12)14(15,16)17/h5-6,8,10H,3-4,7H2,1-2H3. The van der Waals surface area contributed by atoms with Gasteiger partial charge in [-0.25, -0.2) is 0 Å². The van der Waals surface area contributed by atoms with Crippen LogP contribution >= 0.6 is 0 Å². The van der Waals surface area contributed by atoms with Crippen molar-refractivity contribution in [3.8, 4) is 11.8 Å². The molecule has 0 bridgehead atoms. The third-order valence-corrected chi connectivity index (χ3v) is 2.61. The maximum atomic E-state index is 12.7. The summed E-state index contributed by atoms with van der Waals surface area (Å²) in [5.74, 6) is 0.686. The summed E-state index contributed by atoms with van der Waals surface area (Å²) in [6, 6.07) is 4.95. The van der Waals surface area contributed by atoms with Gasteiger partial charge >= 0.3 is 6.18 Å². The highest BCUT2D eigenvalue weighted by Gasteiger charge is 2.34. The van der Waals surface area contributed by atoms with Crippen molar-refractivity contribution in [1.82, 2.24) is 0 Å². The molecule has 0 saturated carbocycles. The van der Waals surface area contributed by atoms with Crippen molar-refractivity contribution in [1.29, 1.82) is 5.26 Å². The van der Waals surface area contributed by atoms with E-state index in [0.29, 0.717) is 12.5 Å². The second kappa shape index (κ2) is 6.46. The van der Waals surface area contributed by atoms with Crippen LogP contribution in [0.2, 0.25) is 0 Å². The summed E-state index contributed by atoms with van der Waals surface area (Å²) in [5.41, 5.74) is -1.33. The summed E-state index contributed by atoms with van der Waals surface area (Å²) >= 11 is 0. The summed E-state index contributed by atoms with van der Waals surface area (Å²) in [5, 5.41) is 8.66. The highest BCUT2D eigenvalue weighted by atomic mass is 19.4. The fraction of sp³-hybridized carbons (Fsp3) is 0.500. The Morgan fingerprint density at radius 3 is 2.53 bits per heavy atom. The Hall–Kier alpha value is -1.70. The van der Waals surface area contributed by atoms with Crippen molar-refractivity contribution in [3.05, 3.63) is 29.3 Å². The molecule has 0 aliphatic rings. The Labute approximate surface area is 110 Å². The Bertz CT molecular complexity index is 461. The van der Waals surface area contributed by atoms with E-state index in [1.54, 1.807) is 0 Å². The molecule has 1 rings (SSSR count). The van der Waals surface area contributed by atoms with Gasteiger partial charge in [-0.3, -0.25) is 0 Å². The van der Waals surface area contributed by atoms with E-state index in [1.807, 2.05) is 0 Å². The largest absolute Gasteiger partial charge is 0.494 e. The molecule has 0 aliphatic heterocycles. The van der Waals surface area contributed by atoms with Gasteiger partial charge in [0.15, 0.2) is 0 Å². The highest BCUT2D eigenvalue weighted by Crippen LogP contribution is 2.34. The molecule has 1 aromatic carbocycles. The first-order valence-corrected chi connectivity index (χ1v) is 6.08. The lowest BCUT2D eigenvalue weighted by molar-refractivity contribution is -0.137. The van der Waals surface area contributed by atoms with Crippen LogP contribution in [0, 0.1) is 17.2 Å². The quantitative estimate of drug-likeness (QED) is 0.744. The Morgan fingerprint density at radius 1 is 1.32 bits per heavy atom. The summed E-state index contributed by atoms with van der Waals surface area (Å²) in [6.45, 7) is 4.52. The molecule has 0 N–H and O–H groups in total. The molecular formula is C14H16F3NO. The van der Waals surface area contributed by atoms with Crippen LogP contribution in [0.4, 0.5) is 13.2 Å². The minimum Gasteiger partial charge on any atom is -0.494 e. The zero-order valence-corrected chi connectivity index (χ0v) is 10.9. The third-order valence-electron chi connectivity index (χ3n) is 2.61. The maximum absolute atomic E-state index is 12.7. The van der Waals surface area contributed by atoms with Gasteiger partial charge in [0.2, 0.25) is 0 Å². The van der Waals surface area contributed by atoms with E-state index < -0.39 is 11.7 Å². The van der Waals surface area contributed by atoms with E-state index in [1.165, 1.54) is 12.1 Å². The molecule has 0 unspecified atom stereocenters. The maximum Gasteiger partial charge on any atom is 0.417 e. The molecule has 0 amide bonds. The first-order valence-electron chi connectivity index (χ1n) is 6.08. The van der Waals surface area contributed by atoms with Crippen molar-refractivity contribution >= 4 is 0 Å². The van der Waals surface area contributed by atoms with E-state index in [4.69, 9.17) is 10.00 Å². The van der Waals surface area contributed by atoms with E-state index >= 15 is 0 Å². The van der Waals surface area contributed by atoms with Gasteiger partial charge < -0.3 is 4.74 Å². The van der Waals surface area contributed by atoms with Crippen LogP contribution in [0.3, 0.4) is 0 Å². The van der Waals surface area contributed by atoms with Gasteiger partial charge in [0, 0.05) is 0 Å². The van der Waals surface area contributed by atoms with Gasteiger partial charge in [-0.1, -0.05) is 13.8 Å². The van der Waals surface area contributed by atoms with E-state index in [0.717, 1.165) is 25.0 Å². The molecule has 0 radical (unpaired) electrons. The number of nitriles is 1. The van der Waals surface area contributed by atoms with E-state index in [-0.39, 0.29) is 11.3 Å². The molecule has 0 fully saturated rings. The molecule has 0 aromatic heterocycles. The summed E-state index contributed by atoms with van der Waals surface area (Å²) in [6.07, 6.45) is -2.79. The van der Waals surface area contributed by atoms with Gasteiger partial charge in [0.1, 0.15) is 5.75 Å². The van der Waals surface area contributed by atoms with Gasteiger partial charge in [0.25, 0.3) is 0 Å². The lowest BCUT2D eigenvalue weighted by Gasteiger charge is -2.12. The van der Waals surface area contributed by atoms with Gasteiger partial charge in [-0.2, -0.15) is 18.4 Å². The van der Waals surface area contributed by atoms with E-state index in [9.17, 15) is 13.2 Å². The van der Waals surface area contributed by atoms with Crippen LogP contribution in [0.5, 0.6) is 5.75 Å². The van der Waals surface area contributed by atoms with Crippen LogP contribution in [-0.4, -0.2) is 6.61 Å². The van der Waals surface area contributed by atoms with Crippen molar-refractivity contribution in [2.45, 2.75) is 32.9 Å². The number of halogens is 3. The summed E-state index contributed by atoms with van der Waals surface area (Å²) < 4.78 is 43.4. The Morgan fingerprint density at radius 2 is 2.00 bits per heavy atom. The van der Waals surface area contributed by atoms with Crippen LogP contribution in [-0.2, 0) is 6.18 Å². The van der Waals surface area contributed by atoms with Crippen LogP contribution in [0.1, 0.15) is 37.8 Å². The predicted molar refractivity (Wildman–Crippen MR) is 65.7 cm³/mol. The monoisotopic (exact) mass is 271 g/mol. The van der Waals surface area contributed by atoms with Crippen LogP contribution in [0.25, 0.3) is 0 Å². The summed E-state index contributed by atoms with van der Waals surface area (Å²) in [7, 11) is 0. The minimum absolute atomic E-state index is 0.148. The number of ether oxygens (including phenoxy) is 1. The molecule has 104 valence electrons. The normalized spacial score (nSPS) is 11.4. The fourth-order valence-electron chi connectivity index (χ4n) is 1.63. The number of rotatable bonds is 5. The van der Waals surface area contributed by atoms with Gasteiger partial charge in [-0.05, 0) is 37.0 Å². The smallest absolute Gasteiger partial charge is 0.417 e. The number of nitrogens with zero attached hydrogens (tertiary/aromatic N) is 1. The molecule has 0 spiro atoms. The number of benzene rings is 1. The lowest BCUT2D eigenvalue weighted by atomic mass is 10.1. The van der Waals surface area contributed by atoms with Crippen molar-refractivity contribution in [2.75, 3.05) is 6.61 Å². The SMILES string of the molecule is CC(C)CCCOc1ccc(C#N)c(C(F)(F)F)c1. The molecule has 1 aromatic rings. The third kappa shape index (κ3) is 4.82. The topological polar surface area (TPSA) is 33.0 Å². The zero-order chi connectivity index (χ0) is 14.5.